The van der Waals surface area contributed by atoms with Gasteiger partial charge < -0.3 is 14.9 Å². The molecule has 0 saturated carbocycles. The van der Waals surface area contributed by atoms with Crippen molar-refractivity contribution < 1.29 is 18.8 Å². The Bertz CT molecular complexity index is 1040. The van der Waals surface area contributed by atoms with Crippen molar-refractivity contribution in [2.24, 2.45) is 5.16 Å². The molecule has 5 nitrogen and oxygen atoms in total. The average molecular weight is 447 g/mol. The molecule has 0 aliphatic carbocycles. The first-order chi connectivity index (χ1) is 14.5. The van der Waals surface area contributed by atoms with Crippen LogP contribution in [0.5, 0.6) is 5.75 Å². The van der Waals surface area contributed by atoms with Crippen LogP contribution in [0.1, 0.15) is 11.1 Å². The van der Waals surface area contributed by atoms with Gasteiger partial charge in [-0.3, -0.25) is 4.79 Å². The number of amides is 1. The number of anilines is 1. The molecule has 154 valence electrons. The van der Waals surface area contributed by atoms with Crippen molar-refractivity contribution in [3.8, 4) is 5.75 Å². The molecule has 8 heteroatoms. The van der Waals surface area contributed by atoms with Crippen molar-refractivity contribution in [3.63, 3.8) is 0 Å². The number of nitrogens with one attached hydrogen (secondary N) is 1. The zero-order chi connectivity index (χ0) is 21.3. The molecule has 0 aliphatic heterocycles. The minimum atomic E-state index is -0.357. The third-order valence-corrected chi connectivity index (χ3v) is 4.44. The molecule has 1 N–H and O–H groups in total. The molecule has 0 fully saturated rings. The lowest BCUT2D eigenvalue weighted by Gasteiger charge is -2.09. The van der Waals surface area contributed by atoms with Gasteiger partial charge in [-0.25, -0.2) is 4.39 Å². The molecule has 3 rings (SSSR count). The van der Waals surface area contributed by atoms with Crippen LogP contribution in [0.15, 0.2) is 71.9 Å². The Hall–Kier alpha value is -3.09. The Labute approximate surface area is 183 Å². The maximum atomic E-state index is 13.6. The van der Waals surface area contributed by atoms with Crippen LogP contribution in [0.3, 0.4) is 0 Å². The van der Waals surface area contributed by atoms with Crippen LogP contribution in [0.2, 0.25) is 10.0 Å². The molecule has 0 aliphatic rings. The Morgan fingerprint density at radius 2 is 1.83 bits per heavy atom. The fourth-order valence-corrected chi connectivity index (χ4v) is 2.78. The Morgan fingerprint density at radius 1 is 1.07 bits per heavy atom. The fraction of sp³-hybridized carbons (Fsp3) is 0.0909. The van der Waals surface area contributed by atoms with Gasteiger partial charge in [-0.1, -0.05) is 46.6 Å². The smallest absolute Gasteiger partial charge is 0.265 e. The maximum absolute atomic E-state index is 13.6. The van der Waals surface area contributed by atoms with E-state index in [2.05, 4.69) is 10.5 Å². The van der Waals surface area contributed by atoms with Gasteiger partial charge in [-0.05, 0) is 54.1 Å². The molecule has 0 bridgehead atoms. The second-order valence-corrected chi connectivity index (χ2v) is 6.98. The molecule has 0 saturated heterocycles. The Kier molecular flexibility index (Phi) is 7.65. The van der Waals surface area contributed by atoms with E-state index in [0.29, 0.717) is 32.6 Å². The van der Waals surface area contributed by atoms with Crippen molar-refractivity contribution in [2.45, 2.75) is 6.61 Å². The van der Waals surface area contributed by atoms with Gasteiger partial charge >= 0.3 is 0 Å². The number of hydrogen-bond acceptors (Lipinski definition) is 4. The molecular formula is C22H17Cl2FN2O3. The highest BCUT2D eigenvalue weighted by Gasteiger charge is 2.06. The number of oxime groups is 1. The lowest BCUT2D eigenvalue weighted by Crippen LogP contribution is -2.16. The Morgan fingerprint density at radius 3 is 2.57 bits per heavy atom. The van der Waals surface area contributed by atoms with E-state index < -0.39 is 0 Å². The van der Waals surface area contributed by atoms with E-state index >= 15 is 0 Å². The van der Waals surface area contributed by atoms with Crippen LogP contribution in [-0.2, 0) is 16.2 Å². The first kappa shape index (κ1) is 21.6. The molecule has 0 radical (unpaired) electrons. The van der Waals surface area contributed by atoms with Gasteiger partial charge in [-0.15, -0.1) is 0 Å². The van der Waals surface area contributed by atoms with E-state index in [1.54, 1.807) is 60.7 Å². The SMILES string of the molecule is O=C(CO/N=C/c1ccc(OCc2ccccc2F)c(Cl)c1)Nc1ccc(Cl)cc1. The van der Waals surface area contributed by atoms with Gasteiger partial charge in [0.05, 0.1) is 11.2 Å². The van der Waals surface area contributed by atoms with Gasteiger partial charge in [0.2, 0.25) is 0 Å². The number of carbonyl (C=O) groups excluding carboxylic acids is 1. The van der Waals surface area contributed by atoms with E-state index in [9.17, 15) is 9.18 Å². The highest BCUT2D eigenvalue weighted by molar-refractivity contribution is 6.32. The summed E-state index contributed by atoms with van der Waals surface area (Å²) in [5, 5.41) is 7.34. The minimum absolute atomic E-state index is 0.0612. The summed E-state index contributed by atoms with van der Waals surface area (Å²) in [5.41, 5.74) is 1.69. The summed E-state index contributed by atoms with van der Waals surface area (Å²) in [7, 11) is 0. The van der Waals surface area contributed by atoms with E-state index in [0.717, 1.165) is 0 Å². The molecule has 3 aromatic rings. The number of hydrogen-bond donors (Lipinski definition) is 1. The van der Waals surface area contributed by atoms with Crippen LogP contribution in [-0.4, -0.2) is 18.7 Å². The quantitative estimate of drug-likeness (QED) is 0.356. The van der Waals surface area contributed by atoms with E-state index in [1.165, 1.54) is 12.3 Å². The number of rotatable bonds is 8. The number of carbonyl (C=O) groups is 1. The van der Waals surface area contributed by atoms with Crippen molar-refractivity contribution in [2.75, 3.05) is 11.9 Å². The summed E-state index contributed by atoms with van der Waals surface area (Å²) in [6.07, 6.45) is 1.42. The van der Waals surface area contributed by atoms with Crippen molar-refractivity contribution in [1.82, 2.24) is 0 Å². The molecule has 0 spiro atoms. The van der Waals surface area contributed by atoms with Gasteiger partial charge in [0, 0.05) is 16.3 Å². The van der Waals surface area contributed by atoms with Crippen molar-refractivity contribution in [1.29, 1.82) is 0 Å². The van der Waals surface area contributed by atoms with Crippen LogP contribution in [0.25, 0.3) is 0 Å². The van der Waals surface area contributed by atoms with Gasteiger partial charge in [0.1, 0.15) is 18.2 Å². The number of halogens is 3. The maximum Gasteiger partial charge on any atom is 0.265 e. The lowest BCUT2D eigenvalue weighted by atomic mass is 10.2. The summed E-state index contributed by atoms with van der Waals surface area (Å²) >= 11 is 12.0. The molecule has 0 atom stereocenters. The second-order valence-electron chi connectivity index (χ2n) is 6.13. The highest BCUT2D eigenvalue weighted by Crippen LogP contribution is 2.26. The molecule has 0 heterocycles. The predicted molar refractivity (Wildman–Crippen MR) is 116 cm³/mol. The summed E-state index contributed by atoms with van der Waals surface area (Å²) in [5.74, 6) is -0.278. The third kappa shape index (κ3) is 6.47. The van der Waals surface area contributed by atoms with E-state index in [1.807, 2.05) is 0 Å². The molecule has 3 aromatic carbocycles. The summed E-state index contributed by atoms with van der Waals surface area (Å²) in [6, 6.07) is 18.1. The topological polar surface area (TPSA) is 59.9 Å². The standard InChI is InChI=1S/C22H17Cl2FN2O3/c23-17-6-8-18(9-7-17)27-22(28)14-30-26-12-15-5-10-21(19(24)11-15)29-13-16-3-1-2-4-20(16)25/h1-12H,13-14H2,(H,27,28)/b26-12+. The largest absolute Gasteiger partial charge is 0.487 e. The highest BCUT2D eigenvalue weighted by atomic mass is 35.5. The molecule has 30 heavy (non-hydrogen) atoms. The molecular weight excluding hydrogens is 430 g/mol. The van der Waals surface area contributed by atoms with E-state index in [4.69, 9.17) is 32.8 Å². The number of nitrogens with zero attached hydrogens (tertiary/aromatic N) is 1. The van der Waals surface area contributed by atoms with Crippen LogP contribution in [0, 0.1) is 5.82 Å². The van der Waals surface area contributed by atoms with E-state index in [-0.39, 0.29) is 24.9 Å². The molecule has 1 amide bonds. The lowest BCUT2D eigenvalue weighted by molar-refractivity contribution is -0.120. The van der Waals surface area contributed by atoms with Gasteiger partial charge in [0.25, 0.3) is 5.91 Å². The first-order valence-electron chi connectivity index (χ1n) is 8.88. The van der Waals surface area contributed by atoms with Gasteiger partial charge in [-0.2, -0.15) is 0 Å². The van der Waals surface area contributed by atoms with Crippen LogP contribution < -0.4 is 10.1 Å². The monoisotopic (exact) mass is 446 g/mol. The molecule has 0 unspecified atom stereocenters. The molecule has 0 aromatic heterocycles. The van der Waals surface area contributed by atoms with Crippen LogP contribution >= 0.6 is 23.2 Å². The predicted octanol–water partition coefficient (Wildman–Crippen LogP) is 5.70. The zero-order valence-electron chi connectivity index (χ0n) is 15.6. The Balaban J connectivity index is 1.47. The average Bonchev–Trinajstić information content (AvgIpc) is 2.73. The summed E-state index contributed by atoms with van der Waals surface area (Å²) in [6.45, 7) is -0.192. The number of benzene rings is 3. The zero-order valence-corrected chi connectivity index (χ0v) is 17.2. The van der Waals surface area contributed by atoms with Gasteiger partial charge in [0.15, 0.2) is 6.61 Å². The second kappa shape index (κ2) is 10.6. The minimum Gasteiger partial charge on any atom is -0.487 e. The van der Waals surface area contributed by atoms with Crippen LogP contribution in [0.4, 0.5) is 10.1 Å². The summed E-state index contributed by atoms with van der Waals surface area (Å²) < 4.78 is 19.2. The summed E-state index contributed by atoms with van der Waals surface area (Å²) in [4.78, 5) is 16.8. The fourth-order valence-electron chi connectivity index (χ4n) is 2.41. The number of ether oxygens (including phenoxy) is 1. The normalized spacial score (nSPS) is 10.8. The van der Waals surface area contributed by atoms with Crippen molar-refractivity contribution in [3.05, 3.63) is 93.7 Å². The van der Waals surface area contributed by atoms with Crippen molar-refractivity contribution >= 4 is 41.0 Å². The third-order valence-electron chi connectivity index (χ3n) is 3.90. The first-order valence-corrected chi connectivity index (χ1v) is 9.63.